The topological polar surface area (TPSA) is 73.6 Å². The zero-order valence-corrected chi connectivity index (χ0v) is 12.6. The van der Waals surface area contributed by atoms with Gasteiger partial charge in [0.2, 0.25) is 0 Å². The van der Waals surface area contributed by atoms with Crippen molar-refractivity contribution in [2.45, 2.75) is 39.3 Å². The van der Waals surface area contributed by atoms with Crippen molar-refractivity contribution in [1.29, 1.82) is 0 Å². The first kappa shape index (κ1) is 16.3. The Hall–Kier alpha value is -1.75. The number of likely N-dealkylation sites (N-methyl/N-ethyl adjacent to an activating group) is 1. The summed E-state index contributed by atoms with van der Waals surface area (Å²) in [7, 11) is 1.58. The average molecular weight is 280 g/mol. The fraction of sp³-hybridized carbons (Fsp3) is 0.533. The van der Waals surface area contributed by atoms with Crippen LogP contribution in [0.5, 0.6) is 11.5 Å². The molecule has 0 saturated carbocycles. The zero-order chi connectivity index (χ0) is 15.1. The lowest BCUT2D eigenvalue weighted by Gasteiger charge is -2.17. The van der Waals surface area contributed by atoms with E-state index >= 15 is 0 Å². The molecule has 0 saturated heterocycles. The van der Waals surface area contributed by atoms with Crippen LogP contribution in [0.2, 0.25) is 0 Å². The summed E-state index contributed by atoms with van der Waals surface area (Å²) in [5.41, 5.74) is 6.86. The van der Waals surface area contributed by atoms with Crippen LogP contribution in [0.25, 0.3) is 0 Å². The first-order chi connectivity index (χ1) is 9.47. The van der Waals surface area contributed by atoms with Gasteiger partial charge in [0.05, 0.1) is 7.11 Å². The summed E-state index contributed by atoms with van der Waals surface area (Å²) in [5.74, 6) is 1.02. The number of methoxy groups -OCH3 is 1. The van der Waals surface area contributed by atoms with Gasteiger partial charge in [-0.2, -0.15) is 0 Å². The van der Waals surface area contributed by atoms with E-state index in [0.717, 1.165) is 12.0 Å². The fourth-order valence-corrected chi connectivity index (χ4v) is 1.87. The maximum atomic E-state index is 11.7. The molecule has 2 atom stereocenters. The molecule has 0 heterocycles. The van der Waals surface area contributed by atoms with Crippen LogP contribution in [0, 0.1) is 0 Å². The van der Waals surface area contributed by atoms with Crippen molar-refractivity contribution in [2.24, 2.45) is 5.73 Å². The van der Waals surface area contributed by atoms with Gasteiger partial charge in [0.25, 0.3) is 5.91 Å². The Labute approximate surface area is 120 Å². The molecule has 1 rings (SSSR count). The maximum absolute atomic E-state index is 11.7. The van der Waals surface area contributed by atoms with Crippen molar-refractivity contribution >= 4 is 5.91 Å². The van der Waals surface area contributed by atoms with Crippen molar-refractivity contribution in [3.05, 3.63) is 23.8 Å². The van der Waals surface area contributed by atoms with Gasteiger partial charge < -0.3 is 20.5 Å². The molecule has 5 heteroatoms. The van der Waals surface area contributed by atoms with Crippen LogP contribution in [0.1, 0.15) is 26.3 Å². The molecule has 0 aliphatic heterocycles. The summed E-state index contributed by atoms with van der Waals surface area (Å²) in [6.45, 7) is 6.11. The lowest BCUT2D eigenvalue weighted by molar-refractivity contribution is -0.127. The highest BCUT2D eigenvalue weighted by Crippen LogP contribution is 2.29. The van der Waals surface area contributed by atoms with Gasteiger partial charge in [0.1, 0.15) is 0 Å². The second-order valence-electron chi connectivity index (χ2n) is 4.82. The lowest BCUT2D eigenvalue weighted by atomic mass is 10.1. The number of nitrogens with two attached hydrogens (primary N) is 1. The minimum Gasteiger partial charge on any atom is -0.493 e. The quantitative estimate of drug-likeness (QED) is 0.793. The molecule has 3 N–H and O–H groups in total. The molecule has 1 aromatic rings. The first-order valence-corrected chi connectivity index (χ1v) is 6.84. The molecular weight excluding hydrogens is 256 g/mol. The second-order valence-corrected chi connectivity index (χ2v) is 4.82. The summed E-state index contributed by atoms with van der Waals surface area (Å²) < 4.78 is 11.0. The number of benzene rings is 1. The molecule has 0 aliphatic rings. The average Bonchev–Trinajstić information content (AvgIpc) is 2.40. The number of amides is 1. The van der Waals surface area contributed by atoms with Crippen LogP contribution in [-0.2, 0) is 11.2 Å². The van der Waals surface area contributed by atoms with Crippen LogP contribution in [0.4, 0.5) is 0 Å². The predicted octanol–water partition coefficient (Wildman–Crippen LogP) is 1.49. The highest BCUT2D eigenvalue weighted by Gasteiger charge is 2.16. The molecule has 0 spiro atoms. The molecule has 0 aliphatic carbocycles. The van der Waals surface area contributed by atoms with E-state index in [-0.39, 0.29) is 11.9 Å². The van der Waals surface area contributed by atoms with Crippen LogP contribution >= 0.6 is 0 Å². The Morgan fingerprint density at radius 2 is 2.05 bits per heavy atom. The molecule has 20 heavy (non-hydrogen) atoms. The number of rotatable bonds is 7. The van der Waals surface area contributed by atoms with Crippen molar-refractivity contribution in [1.82, 2.24) is 5.32 Å². The molecule has 0 bridgehead atoms. The van der Waals surface area contributed by atoms with Crippen LogP contribution in [-0.4, -0.2) is 31.7 Å². The van der Waals surface area contributed by atoms with Gasteiger partial charge in [-0.15, -0.1) is 0 Å². The third-order valence-electron chi connectivity index (χ3n) is 2.81. The molecule has 112 valence electrons. The fourth-order valence-electron chi connectivity index (χ4n) is 1.87. The van der Waals surface area contributed by atoms with E-state index in [0.29, 0.717) is 18.0 Å². The zero-order valence-electron chi connectivity index (χ0n) is 12.6. The SMILES string of the molecule is CCNC(=O)C(C)Oc1ccc(CC(C)N)cc1OC. The van der Waals surface area contributed by atoms with Gasteiger partial charge in [0.15, 0.2) is 17.6 Å². The van der Waals surface area contributed by atoms with E-state index in [4.69, 9.17) is 15.2 Å². The van der Waals surface area contributed by atoms with Gasteiger partial charge in [-0.3, -0.25) is 4.79 Å². The molecular formula is C15H24N2O3. The molecule has 0 aromatic heterocycles. The Balaban J connectivity index is 2.82. The summed E-state index contributed by atoms with van der Waals surface area (Å²) >= 11 is 0. The lowest BCUT2D eigenvalue weighted by Crippen LogP contribution is -2.36. The van der Waals surface area contributed by atoms with Gasteiger partial charge >= 0.3 is 0 Å². The molecule has 0 fully saturated rings. The Morgan fingerprint density at radius 1 is 1.35 bits per heavy atom. The molecule has 2 unspecified atom stereocenters. The monoisotopic (exact) mass is 280 g/mol. The number of nitrogens with one attached hydrogen (secondary N) is 1. The molecule has 1 amide bonds. The van der Waals surface area contributed by atoms with E-state index < -0.39 is 6.10 Å². The summed E-state index contributed by atoms with van der Waals surface area (Å²) in [6, 6.07) is 5.72. The number of carbonyl (C=O) groups is 1. The predicted molar refractivity (Wildman–Crippen MR) is 79.1 cm³/mol. The van der Waals surface area contributed by atoms with Gasteiger partial charge in [-0.1, -0.05) is 6.07 Å². The largest absolute Gasteiger partial charge is 0.493 e. The summed E-state index contributed by atoms with van der Waals surface area (Å²) in [5, 5.41) is 2.72. The number of hydrogen-bond donors (Lipinski definition) is 2. The summed E-state index contributed by atoms with van der Waals surface area (Å²) in [4.78, 5) is 11.7. The van der Waals surface area contributed by atoms with E-state index in [9.17, 15) is 4.79 Å². The summed E-state index contributed by atoms with van der Waals surface area (Å²) in [6.07, 6.45) is 0.200. The van der Waals surface area contributed by atoms with E-state index in [1.807, 2.05) is 32.0 Å². The third-order valence-corrected chi connectivity index (χ3v) is 2.81. The van der Waals surface area contributed by atoms with Crippen LogP contribution in [0.3, 0.4) is 0 Å². The van der Waals surface area contributed by atoms with Gasteiger partial charge in [-0.25, -0.2) is 0 Å². The maximum Gasteiger partial charge on any atom is 0.260 e. The normalized spacial score (nSPS) is 13.4. The van der Waals surface area contributed by atoms with Crippen molar-refractivity contribution < 1.29 is 14.3 Å². The van der Waals surface area contributed by atoms with Crippen molar-refractivity contribution in [3.8, 4) is 11.5 Å². The molecule has 1 aromatic carbocycles. The van der Waals surface area contributed by atoms with Crippen LogP contribution in [0.15, 0.2) is 18.2 Å². The minimum absolute atomic E-state index is 0.0840. The second kappa shape index (κ2) is 7.75. The minimum atomic E-state index is -0.567. The number of carbonyl (C=O) groups excluding carboxylic acids is 1. The van der Waals surface area contributed by atoms with Crippen molar-refractivity contribution in [2.75, 3.05) is 13.7 Å². The highest BCUT2D eigenvalue weighted by atomic mass is 16.5. The Bertz CT molecular complexity index is 447. The highest BCUT2D eigenvalue weighted by molar-refractivity contribution is 5.80. The Kier molecular flexibility index (Phi) is 6.31. The van der Waals surface area contributed by atoms with E-state index in [2.05, 4.69) is 5.32 Å². The third kappa shape index (κ3) is 4.74. The smallest absolute Gasteiger partial charge is 0.260 e. The van der Waals surface area contributed by atoms with E-state index in [1.165, 1.54) is 0 Å². The van der Waals surface area contributed by atoms with Crippen molar-refractivity contribution in [3.63, 3.8) is 0 Å². The first-order valence-electron chi connectivity index (χ1n) is 6.84. The Morgan fingerprint density at radius 3 is 2.60 bits per heavy atom. The molecule has 0 radical (unpaired) electrons. The van der Waals surface area contributed by atoms with Gasteiger partial charge in [-0.05, 0) is 44.9 Å². The van der Waals surface area contributed by atoms with Crippen LogP contribution < -0.4 is 20.5 Å². The number of ether oxygens (including phenoxy) is 2. The van der Waals surface area contributed by atoms with Gasteiger partial charge in [0, 0.05) is 12.6 Å². The number of hydrogen-bond acceptors (Lipinski definition) is 4. The van der Waals surface area contributed by atoms with E-state index in [1.54, 1.807) is 14.0 Å². The standard InChI is InChI=1S/C15H24N2O3/c1-5-17-15(18)11(3)20-13-7-6-12(8-10(2)16)9-14(13)19-4/h6-7,9-11H,5,8,16H2,1-4H3,(H,17,18). The molecule has 5 nitrogen and oxygen atoms in total.